The number of allylic oxidation sites excluding steroid dienone is 2. The molecule has 0 aliphatic rings. The van der Waals surface area contributed by atoms with Crippen LogP contribution in [-0.2, 0) is 0 Å². The van der Waals surface area contributed by atoms with Crippen LogP contribution in [0.5, 0.6) is 0 Å². The van der Waals surface area contributed by atoms with Crippen molar-refractivity contribution < 1.29 is 0 Å². The van der Waals surface area contributed by atoms with Crippen LogP contribution >= 0.6 is 0 Å². The summed E-state index contributed by atoms with van der Waals surface area (Å²) in [6.07, 6.45) is 3.25. The Morgan fingerprint density at radius 1 is 1.29 bits per heavy atom. The fraction of sp³-hybridized carbons (Fsp3) is 0.750. The van der Waals surface area contributed by atoms with Crippen molar-refractivity contribution in [1.29, 1.82) is 0 Å². The van der Waals surface area contributed by atoms with E-state index in [0.29, 0.717) is 0 Å². The van der Waals surface area contributed by atoms with Crippen molar-refractivity contribution in [1.82, 2.24) is 5.32 Å². The zero-order chi connectivity index (χ0) is 11.2. The molecule has 0 aromatic rings. The molecule has 0 atom stereocenters. The van der Waals surface area contributed by atoms with Crippen molar-refractivity contribution in [3.8, 4) is 0 Å². The SMILES string of the molecule is CCCNC(C)=CC(C)=NC(C)(C)C. The number of aliphatic imine (C=N–C) groups is 1. The van der Waals surface area contributed by atoms with Gasteiger partial charge in [-0.2, -0.15) is 0 Å². The van der Waals surface area contributed by atoms with E-state index < -0.39 is 0 Å². The topological polar surface area (TPSA) is 24.4 Å². The highest BCUT2D eigenvalue weighted by molar-refractivity contribution is 5.93. The number of rotatable bonds is 4. The van der Waals surface area contributed by atoms with E-state index in [2.05, 4.69) is 51.0 Å². The summed E-state index contributed by atoms with van der Waals surface area (Å²) in [5.41, 5.74) is 2.29. The van der Waals surface area contributed by atoms with Crippen LogP contribution in [-0.4, -0.2) is 17.8 Å². The standard InChI is InChI=1S/C12H24N2/c1-7-8-13-10(2)9-11(3)14-12(4,5)6/h9,13H,7-8H2,1-6H3. The molecule has 0 amide bonds. The number of hydrogen-bond donors (Lipinski definition) is 1. The molecule has 2 heteroatoms. The van der Waals surface area contributed by atoms with E-state index in [0.717, 1.165) is 18.7 Å². The van der Waals surface area contributed by atoms with E-state index in [4.69, 9.17) is 0 Å². The molecule has 0 unspecified atom stereocenters. The lowest BCUT2D eigenvalue weighted by Crippen LogP contribution is -2.15. The Balaban J connectivity index is 4.27. The van der Waals surface area contributed by atoms with Crippen molar-refractivity contribution in [2.24, 2.45) is 4.99 Å². The molecule has 14 heavy (non-hydrogen) atoms. The summed E-state index contributed by atoms with van der Waals surface area (Å²) in [6, 6.07) is 0. The molecule has 2 nitrogen and oxygen atoms in total. The summed E-state index contributed by atoms with van der Waals surface area (Å²) in [7, 11) is 0. The third kappa shape index (κ3) is 7.84. The molecule has 0 saturated carbocycles. The smallest absolute Gasteiger partial charge is 0.0527 e. The molecule has 0 bridgehead atoms. The first-order valence-corrected chi connectivity index (χ1v) is 5.34. The van der Waals surface area contributed by atoms with E-state index in [9.17, 15) is 0 Å². The van der Waals surface area contributed by atoms with Crippen LogP contribution in [0.3, 0.4) is 0 Å². The molecule has 1 N–H and O–H groups in total. The van der Waals surface area contributed by atoms with Crippen LogP contribution < -0.4 is 5.32 Å². The molecule has 82 valence electrons. The van der Waals surface area contributed by atoms with Crippen molar-refractivity contribution in [3.63, 3.8) is 0 Å². The summed E-state index contributed by atoms with van der Waals surface area (Å²) in [5.74, 6) is 0. The van der Waals surface area contributed by atoms with Crippen LogP contribution in [0.1, 0.15) is 48.0 Å². The van der Waals surface area contributed by atoms with Gasteiger partial charge >= 0.3 is 0 Å². The molecule has 0 spiro atoms. The monoisotopic (exact) mass is 196 g/mol. The highest BCUT2D eigenvalue weighted by atomic mass is 14.9. The first-order valence-electron chi connectivity index (χ1n) is 5.34. The second-order valence-corrected chi connectivity index (χ2v) is 4.68. The maximum atomic E-state index is 4.56. The molecule has 0 radical (unpaired) electrons. The van der Waals surface area contributed by atoms with Gasteiger partial charge in [0.25, 0.3) is 0 Å². The lowest BCUT2D eigenvalue weighted by atomic mass is 10.1. The van der Waals surface area contributed by atoms with Gasteiger partial charge in [0.15, 0.2) is 0 Å². The molecule has 0 aliphatic carbocycles. The van der Waals surface area contributed by atoms with E-state index >= 15 is 0 Å². The number of nitrogens with zero attached hydrogens (tertiary/aromatic N) is 1. The summed E-state index contributed by atoms with van der Waals surface area (Å²) in [6.45, 7) is 13.7. The summed E-state index contributed by atoms with van der Waals surface area (Å²) < 4.78 is 0. The van der Waals surface area contributed by atoms with Gasteiger partial charge in [0, 0.05) is 18.0 Å². The second-order valence-electron chi connectivity index (χ2n) is 4.68. The van der Waals surface area contributed by atoms with Gasteiger partial charge in [0.05, 0.1) is 5.54 Å². The lowest BCUT2D eigenvalue weighted by molar-refractivity contribution is 0.584. The molecule has 0 aromatic carbocycles. The van der Waals surface area contributed by atoms with E-state index in [1.54, 1.807) is 0 Å². The molecule has 0 saturated heterocycles. The highest BCUT2D eigenvalue weighted by Gasteiger charge is 2.06. The molecule has 0 fully saturated rings. The Morgan fingerprint density at radius 3 is 2.29 bits per heavy atom. The van der Waals surface area contributed by atoms with Gasteiger partial charge in [0.2, 0.25) is 0 Å². The van der Waals surface area contributed by atoms with E-state index in [1.165, 1.54) is 5.70 Å². The Bertz CT molecular complexity index is 219. The van der Waals surface area contributed by atoms with Crippen molar-refractivity contribution in [2.75, 3.05) is 6.54 Å². The van der Waals surface area contributed by atoms with Crippen molar-refractivity contribution in [2.45, 2.75) is 53.5 Å². The molecule has 0 rings (SSSR count). The normalized spacial score (nSPS) is 14.4. The highest BCUT2D eigenvalue weighted by Crippen LogP contribution is 2.07. The quantitative estimate of drug-likeness (QED) is 0.686. The van der Waals surface area contributed by atoms with Crippen LogP contribution in [0.25, 0.3) is 0 Å². The fourth-order valence-electron chi connectivity index (χ4n) is 1.25. The first kappa shape index (κ1) is 13.2. The Morgan fingerprint density at radius 2 is 1.86 bits per heavy atom. The second kappa shape index (κ2) is 5.84. The Hall–Kier alpha value is -0.790. The minimum absolute atomic E-state index is 0.0195. The maximum Gasteiger partial charge on any atom is 0.0527 e. The minimum atomic E-state index is 0.0195. The predicted octanol–water partition coefficient (Wildman–Crippen LogP) is 3.15. The molecular formula is C12H24N2. The number of nitrogens with one attached hydrogen (secondary N) is 1. The van der Waals surface area contributed by atoms with Crippen LogP contribution in [0.4, 0.5) is 0 Å². The van der Waals surface area contributed by atoms with Gasteiger partial charge in [-0.1, -0.05) is 6.92 Å². The van der Waals surface area contributed by atoms with Gasteiger partial charge in [-0.05, 0) is 47.1 Å². The van der Waals surface area contributed by atoms with E-state index in [1.807, 2.05) is 6.92 Å². The van der Waals surface area contributed by atoms with Crippen LogP contribution in [0.2, 0.25) is 0 Å². The predicted molar refractivity (Wildman–Crippen MR) is 64.9 cm³/mol. The van der Waals surface area contributed by atoms with Crippen molar-refractivity contribution >= 4 is 5.71 Å². The molecule has 0 aliphatic heterocycles. The Labute approximate surface area is 88.5 Å². The van der Waals surface area contributed by atoms with E-state index in [-0.39, 0.29) is 5.54 Å². The number of hydrogen-bond acceptors (Lipinski definition) is 2. The van der Waals surface area contributed by atoms with Crippen molar-refractivity contribution in [3.05, 3.63) is 11.8 Å². The zero-order valence-corrected chi connectivity index (χ0v) is 10.4. The molecule has 0 heterocycles. The van der Waals surface area contributed by atoms with Gasteiger partial charge in [-0.25, -0.2) is 0 Å². The molecular weight excluding hydrogens is 172 g/mol. The van der Waals surface area contributed by atoms with Gasteiger partial charge in [0.1, 0.15) is 0 Å². The largest absolute Gasteiger partial charge is 0.389 e. The summed E-state index contributed by atoms with van der Waals surface area (Å²) in [4.78, 5) is 4.56. The molecule has 0 aromatic heterocycles. The van der Waals surface area contributed by atoms with Crippen LogP contribution in [0, 0.1) is 0 Å². The minimum Gasteiger partial charge on any atom is -0.389 e. The zero-order valence-electron chi connectivity index (χ0n) is 10.4. The lowest BCUT2D eigenvalue weighted by Gasteiger charge is -2.13. The summed E-state index contributed by atoms with van der Waals surface area (Å²) in [5, 5.41) is 3.33. The fourth-order valence-corrected chi connectivity index (χ4v) is 1.25. The third-order valence-electron chi connectivity index (χ3n) is 1.59. The third-order valence-corrected chi connectivity index (χ3v) is 1.59. The van der Waals surface area contributed by atoms with Gasteiger partial charge in [-0.15, -0.1) is 0 Å². The average molecular weight is 196 g/mol. The Kier molecular flexibility index (Phi) is 5.51. The van der Waals surface area contributed by atoms with Gasteiger partial charge in [-0.3, -0.25) is 4.99 Å². The average Bonchev–Trinajstić information content (AvgIpc) is 1.96. The van der Waals surface area contributed by atoms with Crippen LogP contribution in [0.15, 0.2) is 16.8 Å². The first-order chi connectivity index (χ1) is 6.35. The maximum absolute atomic E-state index is 4.56. The van der Waals surface area contributed by atoms with Gasteiger partial charge < -0.3 is 5.32 Å². The summed E-state index contributed by atoms with van der Waals surface area (Å²) >= 11 is 0.